The van der Waals surface area contributed by atoms with E-state index >= 15 is 0 Å². The molecule has 4 nitrogen and oxygen atoms in total. The van der Waals surface area contributed by atoms with Crippen LogP contribution >= 0.6 is 0 Å². The van der Waals surface area contributed by atoms with Crippen LogP contribution in [0, 0.1) is 5.41 Å². The molecule has 24 heavy (non-hydrogen) atoms. The van der Waals surface area contributed by atoms with E-state index in [1.807, 2.05) is 38.1 Å². The van der Waals surface area contributed by atoms with Crippen molar-refractivity contribution in [1.82, 2.24) is 4.98 Å². The molecule has 0 saturated carbocycles. The number of carbonyl (C=O) groups is 2. The first kappa shape index (κ1) is 16.1. The number of aromatic nitrogens is 1. The van der Waals surface area contributed by atoms with Gasteiger partial charge in [-0.05, 0) is 23.3 Å². The van der Waals surface area contributed by atoms with Gasteiger partial charge in [0.2, 0.25) is 0 Å². The third-order valence-corrected chi connectivity index (χ3v) is 4.29. The van der Waals surface area contributed by atoms with Crippen molar-refractivity contribution in [3.63, 3.8) is 0 Å². The van der Waals surface area contributed by atoms with Crippen molar-refractivity contribution in [2.75, 3.05) is 7.11 Å². The molecule has 0 fully saturated rings. The average Bonchev–Trinajstić information content (AvgIpc) is 2.57. The van der Waals surface area contributed by atoms with Gasteiger partial charge >= 0.3 is 0 Å². The Kier molecular flexibility index (Phi) is 4.06. The minimum absolute atomic E-state index is 0.0163. The zero-order chi connectivity index (χ0) is 17.3. The highest BCUT2D eigenvalue weighted by molar-refractivity contribution is 6.31. The molecule has 1 aliphatic carbocycles. The van der Waals surface area contributed by atoms with Gasteiger partial charge in [0, 0.05) is 35.4 Å². The first-order valence-corrected chi connectivity index (χ1v) is 7.81. The second-order valence-corrected chi connectivity index (χ2v) is 6.54. The molecule has 4 heteroatoms. The lowest BCUT2D eigenvalue weighted by molar-refractivity contribution is -0.127. The molecule has 0 radical (unpaired) electrons. The van der Waals surface area contributed by atoms with E-state index < -0.39 is 5.41 Å². The Morgan fingerprint density at radius 2 is 1.75 bits per heavy atom. The molecule has 0 aliphatic heterocycles. The molecule has 3 rings (SSSR count). The summed E-state index contributed by atoms with van der Waals surface area (Å²) in [6, 6.07) is 9.31. The number of hydrogen-bond acceptors (Lipinski definition) is 4. The Labute approximate surface area is 141 Å². The van der Waals surface area contributed by atoms with E-state index in [-0.39, 0.29) is 18.0 Å². The number of hydrogen-bond donors (Lipinski definition) is 0. The number of rotatable bonds is 3. The smallest absolute Gasteiger partial charge is 0.169 e. The van der Waals surface area contributed by atoms with Crippen LogP contribution in [-0.2, 0) is 9.59 Å². The van der Waals surface area contributed by atoms with E-state index in [1.54, 1.807) is 25.6 Å². The van der Waals surface area contributed by atoms with Crippen LogP contribution in [0.5, 0.6) is 5.75 Å². The number of ketones is 2. The maximum atomic E-state index is 12.9. The van der Waals surface area contributed by atoms with Gasteiger partial charge in [0.25, 0.3) is 0 Å². The quantitative estimate of drug-likeness (QED) is 0.865. The third kappa shape index (κ3) is 2.75. The minimum atomic E-state index is -0.687. The number of carbonyl (C=O) groups excluding carboxylic acids is 2. The summed E-state index contributed by atoms with van der Waals surface area (Å²) in [6.07, 6.45) is 5.07. The summed E-state index contributed by atoms with van der Waals surface area (Å²) < 4.78 is 5.42. The Hall–Kier alpha value is -2.75. The van der Waals surface area contributed by atoms with Crippen LogP contribution in [0.25, 0.3) is 16.7 Å². The van der Waals surface area contributed by atoms with Gasteiger partial charge in [0.05, 0.1) is 7.11 Å². The fourth-order valence-corrected chi connectivity index (χ4v) is 3.07. The molecule has 1 aliphatic rings. The first-order valence-electron chi connectivity index (χ1n) is 7.81. The molecule has 1 aromatic carbocycles. The number of Topliss-reactive ketones (excluding diaryl/α,β-unsaturated/α-hetero) is 1. The standard InChI is InChI=1S/C20H19NO3/c1-20(2)11-13(22)10-16(19(20)23)14-6-4-5-7-15(14)17-12-21-9-8-18(17)24-3/h4-10,12H,11H2,1-3H3. The van der Waals surface area contributed by atoms with E-state index in [0.29, 0.717) is 11.3 Å². The van der Waals surface area contributed by atoms with E-state index in [2.05, 4.69) is 4.98 Å². The van der Waals surface area contributed by atoms with Crippen molar-refractivity contribution >= 4 is 17.1 Å². The Bertz CT molecular complexity index is 849. The van der Waals surface area contributed by atoms with Gasteiger partial charge in [-0.25, -0.2) is 0 Å². The first-order chi connectivity index (χ1) is 11.4. The Morgan fingerprint density at radius 3 is 2.46 bits per heavy atom. The van der Waals surface area contributed by atoms with E-state index in [0.717, 1.165) is 16.7 Å². The lowest BCUT2D eigenvalue weighted by Crippen LogP contribution is -2.32. The van der Waals surface area contributed by atoms with Crippen LogP contribution in [0.4, 0.5) is 0 Å². The second-order valence-electron chi connectivity index (χ2n) is 6.54. The number of benzene rings is 1. The normalized spacial score (nSPS) is 16.7. The highest BCUT2D eigenvalue weighted by Gasteiger charge is 2.37. The largest absolute Gasteiger partial charge is 0.496 e. The van der Waals surface area contributed by atoms with Crippen LogP contribution in [-0.4, -0.2) is 23.7 Å². The van der Waals surface area contributed by atoms with Gasteiger partial charge < -0.3 is 4.74 Å². The molecule has 1 aromatic heterocycles. The Balaban J connectivity index is 2.21. The molecule has 0 atom stereocenters. The SMILES string of the molecule is COc1ccncc1-c1ccccc1C1=CC(=O)CC(C)(C)C1=O. The van der Waals surface area contributed by atoms with Crippen molar-refractivity contribution in [3.05, 3.63) is 54.4 Å². The monoisotopic (exact) mass is 321 g/mol. The van der Waals surface area contributed by atoms with Crippen molar-refractivity contribution in [2.24, 2.45) is 5.41 Å². The lowest BCUT2D eigenvalue weighted by atomic mass is 9.73. The second kappa shape index (κ2) is 6.04. The van der Waals surface area contributed by atoms with E-state index in [9.17, 15) is 9.59 Å². The van der Waals surface area contributed by atoms with Crippen LogP contribution in [0.15, 0.2) is 48.8 Å². The molecular weight excluding hydrogens is 302 g/mol. The summed E-state index contributed by atoms with van der Waals surface area (Å²) in [5.74, 6) is 0.631. The van der Waals surface area contributed by atoms with Crippen LogP contribution in [0.3, 0.4) is 0 Å². The molecular formula is C20H19NO3. The summed E-state index contributed by atoms with van der Waals surface area (Å²) >= 11 is 0. The number of nitrogens with zero attached hydrogens (tertiary/aromatic N) is 1. The van der Waals surface area contributed by atoms with Gasteiger partial charge in [-0.1, -0.05) is 38.1 Å². The summed E-state index contributed by atoms with van der Waals surface area (Å²) in [6.45, 7) is 3.63. The number of allylic oxidation sites excluding steroid dienone is 2. The van der Waals surface area contributed by atoms with Crippen molar-refractivity contribution < 1.29 is 14.3 Å². The Morgan fingerprint density at radius 1 is 1.04 bits per heavy atom. The maximum Gasteiger partial charge on any atom is 0.169 e. The fourth-order valence-electron chi connectivity index (χ4n) is 3.07. The number of methoxy groups -OCH3 is 1. The van der Waals surface area contributed by atoms with Gasteiger partial charge in [0.1, 0.15) is 5.75 Å². The zero-order valence-electron chi connectivity index (χ0n) is 14.0. The topological polar surface area (TPSA) is 56.3 Å². The molecule has 0 unspecified atom stereocenters. The highest BCUT2D eigenvalue weighted by Crippen LogP contribution is 2.40. The number of ether oxygens (including phenoxy) is 1. The van der Waals surface area contributed by atoms with E-state index in [4.69, 9.17) is 4.74 Å². The van der Waals surface area contributed by atoms with E-state index in [1.165, 1.54) is 6.08 Å². The predicted molar refractivity (Wildman–Crippen MR) is 92.6 cm³/mol. The maximum absolute atomic E-state index is 12.9. The van der Waals surface area contributed by atoms with Crippen molar-refractivity contribution in [1.29, 1.82) is 0 Å². The van der Waals surface area contributed by atoms with Crippen LogP contribution in [0.2, 0.25) is 0 Å². The molecule has 0 N–H and O–H groups in total. The average molecular weight is 321 g/mol. The van der Waals surface area contributed by atoms with Crippen molar-refractivity contribution in [3.8, 4) is 16.9 Å². The number of pyridine rings is 1. The summed E-state index contributed by atoms with van der Waals surface area (Å²) in [5.41, 5.74) is 2.12. The molecule has 0 amide bonds. The van der Waals surface area contributed by atoms with Crippen LogP contribution < -0.4 is 4.74 Å². The predicted octanol–water partition coefficient (Wildman–Crippen LogP) is 3.71. The highest BCUT2D eigenvalue weighted by atomic mass is 16.5. The van der Waals surface area contributed by atoms with Gasteiger partial charge in [-0.2, -0.15) is 0 Å². The molecule has 122 valence electrons. The lowest BCUT2D eigenvalue weighted by Gasteiger charge is -2.28. The summed E-state index contributed by atoms with van der Waals surface area (Å²) in [5, 5.41) is 0. The van der Waals surface area contributed by atoms with Gasteiger partial charge in [-0.15, -0.1) is 0 Å². The minimum Gasteiger partial charge on any atom is -0.496 e. The molecule has 0 bridgehead atoms. The molecule has 1 heterocycles. The fraction of sp³-hybridized carbons (Fsp3) is 0.250. The summed E-state index contributed by atoms with van der Waals surface area (Å²) in [4.78, 5) is 29.1. The molecule has 0 spiro atoms. The van der Waals surface area contributed by atoms with Crippen LogP contribution in [0.1, 0.15) is 25.8 Å². The van der Waals surface area contributed by atoms with Crippen molar-refractivity contribution in [2.45, 2.75) is 20.3 Å². The van der Waals surface area contributed by atoms with Gasteiger partial charge in [-0.3, -0.25) is 14.6 Å². The van der Waals surface area contributed by atoms with Gasteiger partial charge in [0.15, 0.2) is 11.6 Å². The summed E-state index contributed by atoms with van der Waals surface area (Å²) in [7, 11) is 1.60. The molecule has 0 saturated heterocycles. The third-order valence-electron chi connectivity index (χ3n) is 4.29. The molecule has 2 aromatic rings. The zero-order valence-corrected chi connectivity index (χ0v) is 14.0.